The van der Waals surface area contributed by atoms with Crippen LogP contribution in [-0.2, 0) is 10.0 Å². The maximum atomic E-state index is 12.1. The Morgan fingerprint density at radius 2 is 1.74 bits per heavy atom. The molecule has 118 valence electrons. The number of nitrogens with zero attached hydrogens (tertiary/aromatic N) is 1. The van der Waals surface area contributed by atoms with E-state index in [9.17, 15) is 8.42 Å². The first-order valence-corrected chi connectivity index (χ1v) is 8.81. The van der Waals surface area contributed by atoms with E-state index in [4.69, 9.17) is 4.74 Å². The highest BCUT2D eigenvalue weighted by atomic mass is 32.2. The number of ether oxygens (including phenoxy) is 1. The third-order valence-corrected chi connectivity index (χ3v) is 4.48. The van der Waals surface area contributed by atoms with Crippen molar-refractivity contribution in [2.75, 3.05) is 17.1 Å². The topological polar surface area (TPSA) is 68.3 Å². The summed E-state index contributed by atoms with van der Waals surface area (Å²) < 4.78 is 32.2. The molecule has 1 N–H and O–H groups in total. The molecule has 0 saturated carbocycles. The van der Waals surface area contributed by atoms with Gasteiger partial charge in [0, 0.05) is 5.39 Å². The third-order valence-electron chi connectivity index (χ3n) is 3.23. The van der Waals surface area contributed by atoms with Gasteiger partial charge in [0.05, 0.1) is 17.4 Å². The second-order valence-electron chi connectivity index (χ2n) is 5.00. The maximum Gasteiger partial charge on any atom is 0.236 e. The summed E-state index contributed by atoms with van der Waals surface area (Å²) in [5, 5.41) is 0.883. The zero-order chi connectivity index (χ0) is 16.1. The Labute approximate surface area is 135 Å². The molecule has 1 heterocycles. The van der Waals surface area contributed by atoms with Crippen LogP contribution >= 0.6 is 0 Å². The first-order valence-electron chi connectivity index (χ1n) is 7.15. The zero-order valence-electron chi connectivity index (χ0n) is 12.3. The molecule has 0 radical (unpaired) electrons. The summed E-state index contributed by atoms with van der Waals surface area (Å²) in [6.45, 7) is 0.0837. The lowest BCUT2D eigenvalue weighted by Gasteiger charge is -2.09. The summed E-state index contributed by atoms with van der Waals surface area (Å²) in [6.07, 6.45) is 1.51. The number of hydrogen-bond acceptors (Lipinski definition) is 4. The Bertz CT molecular complexity index is 896. The van der Waals surface area contributed by atoms with Crippen molar-refractivity contribution in [1.29, 1.82) is 0 Å². The molecule has 0 atom stereocenters. The van der Waals surface area contributed by atoms with E-state index in [0.29, 0.717) is 11.4 Å². The predicted octanol–water partition coefficient (Wildman–Crippen LogP) is 3.06. The Kier molecular flexibility index (Phi) is 4.43. The van der Waals surface area contributed by atoms with Gasteiger partial charge in [-0.1, -0.05) is 36.4 Å². The van der Waals surface area contributed by atoms with Gasteiger partial charge in [-0.3, -0.25) is 9.71 Å². The van der Waals surface area contributed by atoms with E-state index in [2.05, 4.69) is 9.71 Å². The number of pyridine rings is 1. The SMILES string of the molecule is O=S(=O)(CCOc1ccccc1)Nc1cnc2ccccc2c1. The molecule has 6 heteroatoms. The maximum absolute atomic E-state index is 12.1. The van der Waals surface area contributed by atoms with Crippen molar-refractivity contribution in [3.63, 3.8) is 0 Å². The van der Waals surface area contributed by atoms with Gasteiger partial charge in [0.25, 0.3) is 0 Å². The molecular weight excluding hydrogens is 312 g/mol. The lowest BCUT2D eigenvalue weighted by atomic mass is 10.2. The van der Waals surface area contributed by atoms with Gasteiger partial charge < -0.3 is 4.74 Å². The number of hydrogen-bond donors (Lipinski definition) is 1. The number of fused-ring (bicyclic) bond motifs is 1. The van der Waals surface area contributed by atoms with E-state index in [1.807, 2.05) is 42.5 Å². The van der Waals surface area contributed by atoms with E-state index in [-0.39, 0.29) is 12.4 Å². The summed E-state index contributed by atoms with van der Waals surface area (Å²) in [5.41, 5.74) is 1.27. The summed E-state index contributed by atoms with van der Waals surface area (Å²) in [7, 11) is -3.49. The number of nitrogens with one attached hydrogen (secondary N) is 1. The van der Waals surface area contributed by atoms with E-state index in [1.165, 1.54) is 6.20 Å². The molecule has 0 fully saturated rings. The van der Waals surface area contributed by atoms with Gasteiger partial charge in [-0.05, 0) is 24.3 Å². The molecule has 0 saturated heterocycles. The van der Waals surface area contributed by atoms with Gasteiger partial charge in [-0.2, -0.15) is 0 Å². The van der Waals surface area contributed by atoms with Gasteiger partial charge in [-0.15, -0.1) is 0 Å². The summed E-state index contributed by atoms with van der Waals surface area (Å²) >= 11 is 0. The fraction of sp³-hybridized carbons (Fsp3) is 0.118. The predicted molar refractivity (Wildman–Crippen MR) is 91.1 cm³/mol. The normalized spacial score (nSPS) is 11.3. The van der Waals surface area contributed by atoms with E-state index >= 15 is 0 Å². The number of para-hydroxylation sites is 2. The number of aromatic nitrogens is 1. The van der Waals surface area contributed by atoms with Crippen LogP contribution in [-0.4, -0.2) is 25.8 Å². The minimum absolute atomic E-state index is 0.0837. The molecule has 3 rings (SSSR count). The van der Waals surface area contributed by atoms with Gasteiger partial charge in [-0.25, -0.2) is 8.42 Å². The molecule has 0 aliphatic carbocycles. The van der Waals surface area contributed by atoms with Crippen molar-refractivity contribution in [3.8, 4) is 5.75 Å². The molecule has 0 amide bonds. The van der Waals surface area contributed by atoms with E-state index in [1.54, 1.807) is 18.2 Å². The Hall–Kier alpha value is -2.60. The van der Waals surface area contributed by atoms with Crippen molar-refractivity contribution in [2.24, 2.45) is 0 Å². The molecule has 5 nitrogen and oxygen atoms in total. The van der Waals surface area contributed by atoms with Crippen LogP contribution < -0.4 is 9.46 Å². The van der Waals surface area contributed by atoms with Crippen LogP contribution in [0.15, 0.2) is 66.9 Å². The Morgan fingerprint density at radius 3 is 2.57 bits per heavy atom. The third kappa shape index (κ3) is 4.20. The summed E-state index contributed by atoms with van der Waals surface area (Å²) in [4.78, 5) is 4.24. The standard InChI is InChI=1S/C17H16N2O3S/c20-23(21,11-10-22-16-7-2-1-3-8-16)19-15-12-14-6-4-5-9-17(14)18-13-15/h1-9,12-13,19H,10-11H2. The first-order chi connectivity index (χ1) is 11.1. The van der Waals surface area contributed by atoms with Gasteiger partial charge in [0.15, 0.2) is 0 Å². The molecule has 0 aliphatic rings. The van der Waals surface area contributed by atoms with Crippen molar-refractivity contribution < 1.29 is 13.2 Å². The van der Waals surface area contributed by atoms with Crippen LogP contribution in [0.1, 0.15) is 0 Å². The molecule has 0 spiro atoms. The van der Waals surface area contributed by atoms with Crippen LogP contribution in [0.5, 0.6) is 5.75 Å². The minimum Gasteiger partial charge on any atom is -0.492 e. The summed E-state index contributed by atoms with van der Waals surface area (Å²) in [6, 6.07) is 18.4. The van der Waals surface area contributed by atoms with E-state index in [0.717, 1.165) is 10.9 Å². The fourth-order valence-electron chi connectivity index (χ4n) is 2.14. The number of sulfonamides is 1. The van der Waals surface area contributed by atoms with Crippen LogP contribution in [0, 0.1) is 0 Å². The van der Waals surface area contributed by atoms with Crippen LogP contribution in [0.4, 0.5) is 5.69 Å². The van der Waals surface area contributed by atoms with Crippen LogP contribution in [0.3, 0.4) is 0 Å². The largest absolute Gasteiger partial charge is 0.492 e. The van der Waals surface area contributed by atoms with Crippen molar-refractivity contribution in [1.82, 2.24) is 4.98 Å². The van der Waals surface area contributed by atoms with Gasteiger partial charge in [0.2, 0.25) is 10.0 Å². The molecule has 2 aromatic carbocycles. The molecule has 23 heavy (non-hydrogen) atoms. The van der Waals surface area contributed by atoms with Gasteiger partial charge >= 0.3 is 0 Å². The summed E-state index contributed by atoms with van der Waals surface area (Å²) in [5.74, 6) is 0.518. The average molecular weight is 328 g/mol. The first kappa shape index (κ1) is 15.3. The van der Waals surface area contributed by atoms with Crippen molar-refractivity contribution in [2.45, 2.75) is 0 Å². The monoisotopic (exact) mass is 328 g/mol. The molecule has 0 bridgehead atoms. The second kappa shape index (κ2) is 6.66. The highest BCUT2D eigenvalue weighted by Crippen LogP contribution is 2.17. The molecule has 0 unspecified atom stereocenters. The average Bonchev–Trinajstić information content (AvgIpc) is 2.55. The Balaban J connectivity index is 1.63. The number of rotatable bonds is 6. The number of anilines is 1. The molecule has 0 aliphatic heterocycles. The molecule has 1 aromatic heterocycles. The van der Waals surface area contributed by atoms with Crippen LogP contribution in [0.2, 0.25) is 0 Å². The second-order valence-corrected chi connectivity index (χ2v) is 6.84. The molecule has 3 aromatic rings. The number of benzene rings is 2. The van der Waals surface area contributed by atoms with Gasteiger partial charge in [0.1, 0.15) is 18.1 Å². The van der Waals surface area contributed by atoms with Crippen LogP contribution in [0.25, 0.3) is 10.9 Å². The zero-order valence-corrected chi connectivity index (χ0v) is 13.2. The van der Waals surface area contributed by atoms with Crippen molar-refractivity contribution in [3.05, 3.63) is 66.9 Å². The Morgan fingerprint density at radius 1 is 1.00 bits per heavy atom. The van der Waals surface area contributed by atoms with E-state index < -0.39 is 10.0 Å². The molecular formula is C17H16N2O3S. The smallest absolute Gasteiger partial charge is 0.236 e. The minimum atomic E-state index is -3.49. The highest BCUT2D eigenvalue weighted by molar-refractivity contribution is 7.92. The lowest BCUT2D eigenvalue weighted by Crippen LogP contribution is -2.21. The highest BCUT2D eigenvalue weighted by Gasteiger charge is 2.11. The lowest BCUT2D eigenvalue weighted by molar-refractivity contribution is 0.341. The quantitative estimate of drug-likeness (QED) is 0.755. The van der Waals surface area contributed by atoms with Crippen molar-refractivity contribution >= 4 is 26.6 Å². The fourth-order valence-corrected chi connectivity index (χ4v) is 3.02.